The first kappa shape index (κ1) is 18.3. The molecule has 3 aliphatic rings. The summed E-state index contributed by atoms with van der Waals surface area (Å²) < 4.78 is 4.67. The monoisotopic (exact) mass is 370 g/mol. The molecule has 3 atom stereocenters. The highest BCUT2D eigenvalue weighted by atomic mass is 16.5. The smallest absolute Gasteiger partial charge is 0.407 e. The molecular weight excluding hydrogens is 340 g/mol. The second-order valence-corrected chi connectivity index (χ2v) is 9.43. The topological polar surface area (TPSA) is 58.6 Å². The van der Waals surface area contributed by atoms with E-state index in [2.05, 4.69) is 53.9 Å². The van der Waals surface area contributed by atoms with Crippen LogP contribution in [-0.4, -0.2) is 42.6 Å². The number of methoxy groups -OCH3 is 1. The van der Waals surface area contributed by atoms with E-state index in [1.165, 1.54) is 23.8 Å². The fourth-order valence-electron chi connectivity index (χ4n) is 5.50. The second kappa shape index (κ2) is 5.98. The van der Waals surface area contributed by atoms with Gasteiger partial charge < -0.3 is 15.0 Å². The number of likely N-dealkylation sites (tertiary alicyclic amines) is 1. The van der Waals surface area contributed by atoms with Crippen LogP contribution in [0.2, 0.25) is 0 Å². The first-order valence-corrected chi connectivity index (χ1v) is 9.89. The van der Waals surface area contributed by atoms with Gasteiger partial charge in [-0.05, 0) is 67.6 Å². The van der Waals surface area contributed by atoms with Crippen LogP contribution < -0.4 is 5.32 Å². The molecule has 146 valence electrons. The first-order chi connectivity index (χ1) is 12.7. The molecule has 5 heteroatoms. The first-order valence-electron chi connectivity index (χ1n) is 9.89. The Kier molecular flexibility index (Phi) is 4.06. The lowest BCUT2D eigenvalue weighted by Gasteiger charge is -2.45. The van der Waals surface area contributed by atoms with Crippen LogP contribution in [0.4, 0.5) is 4.79 Å². The maximum atomic E-state index is 12.9. The summed E-state index contributed by atoms with van der Waals surface area (Å²) in [4.78, 5) is 26.4. The number of piperidine rings is 1. The molecule has 5 nitrogen and oxygen atoms in total. The van der Waals surface area contributed by atoms with Crippen LogP contribution >= 0.6 is 0 Å². The molecule has 27 heavy (non-hydrogen) atoms. The van der Waals surface area contributed by atoms with Crippen molar-refractivity contribution in [3.8, 4) is 0 Å². The number of alkyl carbamates (subject to hydrolysis) is 1. The number of hydrogen-bond donors (Lipinski definition) is 1. The minimum atomic E-state index is -0.422. The fourth-order valence-corrected chi connectivity index (χ4v) is 5.50. The molecule has 1 aromatic carbocycles. The van der Waals surface area contributed by atoms with Gasteiger partial charge in [0.1, 0.15) is 0 Å². The fraction of sp³-hybridized carbons (Fsp3) is 0.636. The molecule has 1 N–H and O–H groups in total. The molecule has 1 aromatic rings. The van der Waals surface area contributed by atoms with E-state index in [0.29, 0.717) is 24.7 Å². The quantitative estimate of drug-likeness (QED) is 0.887. The maximum Gasteiger partial charge on any atom is 0.407 e. The van der Waals surface area contributed by atoms with Crippen LogP contribution in [0, 0.1) is 31.1 Å². The Bertz CT molecular complexity index is 799. The molecule has 1 saturated heterocycles. The van der Waals surface area contributed by atoms with Crippen LogP contribution in [0.1, 0.15) is 49.3 Å². The van der Waals surface area contributed by atoms with Gasteiger partial charge in [-0.2, -0.15) is 0 Å². The van der Waals surface area contributed by atoms with Gasteiger partial charge in [0.15, 0.2) is 0 Å². The Labute approximate surface area is 161 Å². The summed E-state index contributed by atoms with van der Waals surface area (Å²) in [5, 5.41) is 2.85. The van der Waals surface area contributed by atoms with E-state index in [-0.39, 0.29) is 22.8 Å². The number of hydrogen-bond acceptors (Lipinski definition) is 3. The Morgan fingerprint density at radius 1 is 1.19 bits per heavy atom. The van der Waals surface area contributed by atoms with E-state index in [1.54, 1.807) is 0 Å². The van der Waals surface area contributed by atoms with Crippen molar-refractivity contribution in [2.75, 3.05) is 20.2 Å². The van der Waals surface area contributed by atoms with Crippen molar-refractivity contribution in [1.82, 2.24) is 10.2 Å². The van der Waals surface area contributed by atoms with Gasteiger partial charge in [-0.15, -0.1) is 0 Å². The SMILES string of the molecule is COC(=O)N[C@]1(C)C[C@H](C(=O)N2C[C@H]3[C@H](c4ccc(C)c(C)c4)[C@@]3(C)C2)C1. The summed E-state index contributed by atoms with van der Waals surface area (Å²) in [6.45, 7) is 10.3. The Hall–Kier alpha value is -2.04. The van der Waals surface area contributed by atoms with Crippen LogP contribution in [0.25, 0.3) is 0 Å². The number of ether oxygens (including phenoxy) is 1. The van der Waals surface area contributed by atoms with E-state index in [1.807, 2.05) is 6.92 Å². The van der Waals surface area contributed by atoms with Crippen LogP contribution in [0.5, 0.6) is 0 Å². The van der Waals surface area contributed by atoms with Crippen molar-refractivity contribution in [2.24, 2.45) is 17.3 Å². The van der Waals surface area contributed by atoms with Crippen molar-refractivity contribution >= 4 is 12.0 Å². The van der Waals surface area contributed by atoms with E-state index >= 15 is 0 Å². The summed E-state index contributed by atoms with van der Waals surface area (Å²) in [5.74, 6) is 1.43. The average Bonchev–Trinajstić information content (AvgIpc) is 2.99. The van der Waals surface area contributed by atoms with Gasteiger partial charge in [0.05, 0.1) is 7.11 Å². The summed E-state index contributed by atoms with van der Waals surface area (Å²) in [5.41, 5.74) is 4.01. The molecule has 0 unspecified atom stereocenters. The highest BCUT2D eigenvalue weighted by Gasteiger charge is 2.67. The zero-order chi connectivity index (χ0) is 19.6. The average molecular weight is 370 g/mol. The minimum absolute atomic E-state index is 0.0216. The summed E-state index contributed by atoms with van der Waals surface area (Å²) in [6, 6.07) is 6.80. The lowest BCUT2D eigenvalue weighted by molar-refractivity contribution is -0.140. The Balaban J connectivity index is 1.35. The summed E-state index contributed by atoms with van der Waals surface area (Å²) >= 11 is 0. The van der Waals surface area contributed by atoms with E-state index in [9.17, 15) is 9.59 Å². The third-order valence-electron chi connectivity index (χ3n) is 7.33. The number of carbonyl (C=O) groups is 2. The molecular formula is C22H30N2O3. The molecule has 1 aliphatic heterocycles. The molecule has 2 saturated carbocycles. The summed E-state index contributed by atoms with van der Waals surface area (Å²) in [7, 11) is 1.36. The van der Waals surface area contributed by atoms with Crippen molar-refractivity contribution in [3.63, 3.8) is 0 Å². The number of fused-ring (bicyclic) bond motifs is 1. The summed E-state index contributed by atoms with van der Waals surface area (Å²) in [6.07, 6.45) is 0.966. The van der Waals surface area contributed by atoms with Crippen molar-refractivity contribution in [1.29, 1.82) is 0 Å². The number of benzene rings is 1. The van der Waals surface area contributed by atoms with Crippen LogP contribution in [0.15, 0.2) is 18.2 Å². The highest BCUT2D eigenvalue weighted by molar-refractivity contribution is 5.81. The largest absolute Gasteiger partial charge is 0.453 e. The zero-order valence-electron chi connectivity index (χ0n) is 17.0. The number of carbonyl (C=O) groups excluding carboxylic acids is 2. The van der Waals surface area contributed by atoms with Crippen LogP contribution in [0.3, 0.4) is 0 Å². The molecule has 0 bridgehead atoms. The van der Waals surface area contributed by atoms with Gasteiger partial charge in [-0.3, -0.25) is 4.79 Å². The van der Waals surface area contributed by atoms with Crippen molar-refractivity contribution in [2.45, 2.75) is 52.0 Å². The predicted molar refractivity (Wildman–Crippen MR) is 104 cm³/mol. The lowest BCUT2D eigenvalue weighted by atomic mass is 9.69. The Morgan fingerprint density at radius 3 is 2.44 bits per heavy atom. The number of amides is 2. The van der Waals surface area contributed by atoms with E-state index in [0.717, 1.165) is 13.1 Å². The molecule has 0 aromatic heterocycles. The molecule has 3 fully saturated rings. The van der Waals surface area contributed by atoms with Gasteiger partial charge in [0, 0.05) is 24.5 Å². The molecule has 0 spiro atoms. The zero-order valence-corrected chi connectivity index (χ0v) is 17.0. The van der Waals surface area contributed by atoms with Gasteiger partial charge in [0.2, 0.25) is 5.91 Å². The molecule has 2 aliphatic carbocycles. The van der Waals surface area contributed by atoms with Gasteiger partial charge in [-0.25, -0.2) is 4.79 Å². The number of nitrogens with zero attached hydrogens (tertiary/aromatic N) is 1. The van der Waals surface area contributed by atoms with Crippen molar-refractivity contribution in [3.05, 3.63) is 34.9 Å². The molecule has 4 rings (SSSR count). The van der Waals surface area contributed by atoms with Crippen molar-refractivity contribution < 1.29 is 14.3 Å². The predicted octanol–water partition coefficient (Wildman–Crippen LogP) is 3.39. The number of nitrogens with one attached hydrogen (secondary N) is 1. The van der Waals surface area contributed by atoms with Gasteiger partial charge in [0.25, 0.3) is 0 Å². The van der Waals surface area contributed by atoms with Gasteiger partial charge in [-0.1, -0.05) is 25.1 Å². The van der Waals surface area contributed by atoms with Crippen LogP contribution in [-0.2, 0) is 9.53 Å². The molecule has 1 heterocycles. The molecule has 0 radical (unpaired) electrons. The van der Waals surface area contributed by atoms with E-state index < -0.39 is 6.09 Å². The van der Waals surface area contributed by atoms with Gasteiger partial charge >= 0.3 is 6.09 Å². The minimum Gasteiger partial charge on any atom is -0.453 e. The number of aryl methyl sites for hydroxylation is 2. The third kappa shape index (κ3) is 2.91. The van der Waals surface area contributed by atoms with E-state index in [4.69, 9.17) is 0 Å². The Morgan fingerprint density at radius 2 is 1.89 bits per heavy atom. The standard InChI is InChI=1S/C22H30N2O3/c1-13-6-7-15(8-14(13)2)18-17-11-24(12-22(17,18)4)19(25)16-9-21(3,10-16)23-20(26)27-5/h6-8,16-18H,9-12H2,1-5H3,(H,23,26)/t16-,17-,18-,21+,22-/m0/s1. The molecule has 2 amide bonds. The second-order valence-electron chi connectivity index (χ2n) is 9.43. The number of rotatable bonds is 3. The normalized spacial score (nSPS) is 36.6. The third-order valence-corrected chi connectivity index (χ3v) is 7.33. The lowest BCUT2D eigenvalue weighted by Crippen LogP contribution is -2.58. The highest BCUT2D eigenvalue weighted by Crippen LogP contribution is 2.68. The maximum absolute atomic E-state index is 12.9.